The van der Waals surface area contributed by atoms with E-state index in [0.29, 0.717) is 40.5 Å². The molecule has 8 nitrogen and oxygen atoms in total. The molecule has 0 atom stereocenters. The Hall–Kier alpha value is -3.98. The number of halogens is 1. The molecule has 0 aliphatic heterocycles. The van der Waals surface area contributed by atoms with Crippen molar-refractivity contribution in [1.29, 1.82) is 0 Å². The third kappa shape index (κ3) is 6.66. The van der Waals surface area contributed by atoms with E-state index in [9.17, 15) is 9.18 Å². The molecule has 4 aromatic rings. The molecule has 0 aliphatic rings. The predicted molar refractivity (Wildman–Crippen MR) is 148 cm³/mol. The summed E-state index contributed by atoms with van der Waals surface area (Å²) in [5, 5.41) is 5.43. The molecule has 0 unspecified atom stereocenters. The Morgan fingerprint density at radius 1 is 1.11 bits per heavy atom. The summed E-state index contributed by atoms with van der Waals surface area (Å²) in [7, 11) is 3.40. The molecule has 2 N–H and O–H groups in total. The number of benzene rings is 2. The fraction of sp³-hybridized carbons (Fsp3) is 0.345. The highest BCUT2D eigenvalue weighted by Gasteiger charge is 2.16. The van der Waals surface area contributed by atoms with Gasteiger partial charge in [0.25, 0.3) is 0 Å². The molecule has 0 spiro atoms. The zero-order chi connectivity index (χ0) is 26.9. The maximum absolute atomic E-state index is 14.9. The molecule has 2 aromatic heterocycles. The molecule has 0 bridgehead atoms. The first-order valence-corrected chi connectivity index (χ1v) is 12.2. The number of aromatic nitrogens is 3. The van der Waals surface area contributed by atoms with Crippen molar-refractivity contribution in [3.63, 3.8) is 0 Å². The number of carbonyl (C=O) groups excluding carboxylic acids is 1. The number of hydrogen-bond donors (Lipinski definition) is 1. The van der Waals surface area contributed by atoms with Crippen LogP contribution < -0.4 is 15.2 Å². The lowest BCUT2D eigenvalue weighted by molar-refractivity contribution is -0.142. The van der Waals surface area contributed by atoms with Gasteiger partial charge in [0.05, 0.1) is 31.3 Å². The lowest BCUT2D eigenvalue weighted by atomic mass is 10.0. The number of carbonyl (C=O) groups is 1. The van der Waals surface area contributed by atoms with Crippen LogP contribution in [0.4, 0.5) is 4.39 Å². The van der Waals surface area contributed by atoms with Crippen LogP contribution in [0.15, 0.2) is 48.7 Å². The van der Waals surface area contributed by atoms with Crippen LogP contribution >= 0.6 is 0 Å². The summed E-state index contributed by atoms with van der Waals surface area (Å²) in [6.07, 6.45) is 1.62. The van der Waals surface area contributed by atoms with Gasteiger partial charge in [-0.3, -0.25) is 14.5 Å². The van der Waals surface area contributed by atoms with Gasteiger partial charge in [0.2, 0.25) is 0 Å². The number of fused-ring (bicyclic) bond motifs is 1. The summed E-state index contributed by atoms with van der Waals surface area (Å²) in [6.45, 7) is 6.22. The molecule has 2 heterocycles. The van der Waals surface area contributed by atoms with E-state index >= 15 is 0 Å². The van der Waals surface area contributed by atoms with E-state index < -0.39 is 5.82 Å². The molecule has 204 valence electrons. The minimum absolute atomic E-state index is 0. The number of ether oxygens (including phenoxy) is 3. The summed E-state index contributed by atoms with van der Waals surface area (Å²) < 4.78 is 33.1. The Balaban J connectivity index is 0.00000165. The number of nitrogens with two attached hydrogens (primary N) is 1. The van der Waals surface area contributed by atoms with Crippen molar-refractivity contribution in [3.05, 3.63) is 71.4 Å². The highest BCUT2D eigenvalue weighted by Crippen LogP contribution is 2.31. The Morgan fingerprint density at radius 3 is 2.55 bits per heavy atom. The summed E-state index contributed by atoms with van der Waals surface area (Å²) >= 11 is 0. The van der Waals surface area contributed by atoms with Gasteiger partial charge in [0, 0.05) is 42.4 Å². The smallest absolute Gasteiger partial charge is 0.310 e. The van der Waals surface area contributed by atoms with Gasteiger partial charge in [0.1, 0.15) is 23.8 Å². The monoisotopic (exact) mass is 524 g/mol. The van der Waals surface area contributed by atoms with Crippen LogP contribution in [0, 0.1) is 5.82 Å². The van der Waals surface area contributed by atoms with Crippen LogP contribution in [-0.2, 0) is 36.2 Å². The van der Waals surface area contributed by atoms with Crippen molar-refractivity contribution < 1.29 is 23.4 Å². The highest BCUT2D eigenvalue weighted by atomic mass is 19.1. The van der Waals surface area contributed by atoms with Crippen LogP contribution in [0.1, 0.15) is 45.1 Å². The molecular formula is C29H37FN4O4. The van der Waals surface area contributed by atoms with E-state index in [4.69, 9.17) is 19.9 Å². The topological polar surface area (TPSA) is 101 Å². The molecule has 0 amide bonds. The van der Waals surface area contributed by atoms with Crippen molar-refractivity contribution in [1.82, 2.24) is 14.8 Å². The molecule has 0 fully saturated rings. The number of pyridine rings is 1. The number of esters is 1. The summed E-state index contributed by atoms with van der Waals surface area (Å²) in [6, 6.07) is 12.5. The van der Waals surface area contributed by atoms with Crippen molar-refractivity contribution in [2.75, 3.05) is 13.7 Å². The third-order valence-corrected chi connectivity index (χ3v) is 5.67. The zero-order valence-corrected chi connectivity index (χ0v) is 21.9. The van der Waals surface area contributed by atoms with Crippen molar-refractivity contribution in [3.8, 4) is 22.6 Å². The first-order chi connectivity index (χ1) is 17.9. The van der Waals surface area contributed by atoms with E-state index in [1.807, 2.05) is 39.1 Å². The minimum Gasteiger partial charge on any atom is -0.497 e. The Kier molecular flexibility index (Phi) is 11.2. The third-order valence-electron chi connectivity index (χ3n) is 5.67. The second kappa shape index (κ2) is 14.1. The molecule has 0 radical (unpaired) electrons. The molecule has 9 heteroatoms. The van der Waals surface area contributed by atoms with Crippen LogP contribution in [-0.4, -0.2) is 34.5 Å². The largest absolute Gasteiger partial charge is 0.497 e. The first-order valence-electron chi connectivity index (χ1n) is 12.2. The number of nitrogens with zero attached hydrogens (tertiary/aromatic N) is 3. The summed E-state index contributed by atoms with van der Waals surface area (Å²) in [5.74, 6) is 0.326. The van der Waals surface area contributed by atoms with Crippen LogP contribution in [0.3, 0.4) is 0 Å². The lowest BCUT2D eigenvalue weighted by Crippen LogP contribution is -2.09. The normalized spacial score (nSPS) is 10.3. The van der Waals surface area contributed by atoms with Crippen LogP contribution in [0.25, 0.3) is 22.0 Å². The van der Waals surface area contributed by atoms with Gasteiger partial charge in [-0.15, -0.1) is 0 Å². The second-order valence-electron chi connectivity index (χ2n) is 7.87. The summed E-state index contributed by atoms with van der Waals surface area (Å²) in [5.41, 5.74) is 9.16. The fourth-order valence-electron chi connectivity index (χ4n) is 3.92. The predicted octanol–water partition coefficient (Wildman–Crippen LogP) is 5.59. The molecule has 4 rings (SSSR count). The standard InChI is InChI=1S/C26H27FN4O4.C2H6.CH4/c1-4-34-25(32)12-17-5-7-18(33-3)13-24(17)35-15-22-20-11-16(6-8-23(20)31(2)30-22)19-9-10-29-21(14-28)26(19)27;1-2;/h5-11,13H,4,12,14-15,28H2,1-3H3;1-2H3;1H4. The van der Waals surface area contributed by atoms with Gasteiger partial charge in [0.15, 0.2) is 5.82 Å². The van der Waals surface area contributed by atoms with Crippen LogP contribution in [0.2, 0.25) is 0 Å². The van der Waals surface area contributed by atoms with Gasteiger partial charge in [-0.1, -0.05) is 33.4 Å². The van der Waals surface area contributed by atoms with E-state index in [0.717, 1.165) is 10.9 Å². The van der Waals surface area contributed by atoms with Gasteiger partial charge in [-0.05, 0) is 36.8 Å². The SMILES string of the molecule is C.CC.CCOC(=O)Cc1ccc(OC)cc1OCc1nn(C)c2ccc(-c3ccnc(CN)c3F)cc12. The molecule has 38 heavy (non-hydrogen) atoms. The molecule has 2 aromatic carbocycles. The van der Waals surface area contributed by atoms with Crippen molar-refractivity contribution >= 4 is 16.9 Å². The Labute approximate surface area is 223 Å². The lowest BCUT2D eigenvalue weighted by Gasteiger charge is -2.12. The van der Waals surface area contributed by atoms with Gasteiger partial charge in [-0.2, -0.15) is 5.10 Å². The first kappa shape index (κ1) is 30.2. The van der Waals surface area contributed by atoms with E-state index in [1.165, 1.54) is 0 Å². The second-order valence-corrected chi connectivity index (χ2v) is 7.87. The quantitative estimate of drug-likeness (QED) is 0.285. The number of hydrogen-bond acceptors (Lipinski definition) is 7. The fourth-order valence-corrected chi connectivity index (χ4v) is 3.92. The van der Waals surface area contributed by atoms with Crippen molar-refractivity contribution in [2.45, 2.75) is 47.8 Å². The Morgan fingerprint density at radius 2 is 1.87 bits per heavy atom. The molecule has 0 aliphatic carbocycles. The average molecular weight is 525 g/mol. The Bertz CT molecular complexity index is 1370. The number of methoxy groups -OCH3 is 1. The van der Waals surface area contributed by atoms with E-state index in [2.05, 4.69) is 10.1 Å². The highest BCUT2D eigenvalue weighted by molar-refractivity contribution is 5.87. The minimum atomic E-state index is -0.434. The average Bonchev–Trinajstić information content (AvgIpc) is 3.24. The van der Waals surface area contributed by atoms with Gasteiger partial charge >= 0.3 is 5.97 Å². The summed E-state index contributed by atoms with van der Waals surface area (Å²) in [4.78, 5) is 16.1. The molecule has 0 saturated heterocycles. The van der Waals surface area contributed by atoms with Gasteiger partial charge < -0.3 is 19.9 Å². The van der Waals surface area contributed by atoms with E-state index in [1.54, 1.807) is 49.2 Å². The zero-order valence-electron chi connectivity index (χ0n) is 21.9. The number of rotatable bonds is 9. The molecular weight excluding hydrogens is 487 g/mol. The van der Waals surface area contributed by atoms with Crippen molar-refractivity contribution in [2.24, 2.45) is 12.8 Å². The number of aryl methyl sites for hydroxylation is 1. The van der Waals surface area contributed by atoms with Gasteiger partial charge in [-0.25, -0.2) is 4.39 Å². The van der Waals surface area contributed by atoms with Crippen LogP contribution in [0.5, 0.6) is 11.5 Å². The molecule has 0 saturated carbocycles. The maximum Gasteiger partial charge on any atom is 0.310 e. The van der Waals surface area contributed by atoms with E-state index in [-0.39, 0.29) is 38.7 Å². The maximum atomic E-state index is 14.9.